The third kappa shape index (κ3) is 5.82. The molecule has 0 aliphatic carbocycles. The van der Waals surface area contributed by atoms with E-state index >= 15 is 0 Å². The van der Waals surface area contributed by atoms with Crippen molar-refractivity contribution in [2.45, 2.75) is 56.8 Å². The van der Waals surface area contributed by atoms with Crippen LogP contribution in [0, 0.1) is 5.92 Å². The predicted octanol–water partition coefficient (Wildman–Crippen LogP) is 1.72. The highest BCUT2D eigenvalue weighted by Gasteiger charge is 2.25. The van der Waals surface area contributed by atoms with Gasteiger partial charge in [-0.25, -0.2) is 13.1 Å². The molecule has 1 N–H and O–H groups in total. The van der Waals surface area contributed by atoms with Crippen molar-refractivity contribution in [2.24, 2.45) is 5.92 Å². The van der Waals surface area contributed by atoms with Crippen molar-refractivity contribution in [2.75, 3.05) is 43.1 Å². The first-order chi connectivity index (χ1) is 13.0. The van der Waals surface area contributed by atoms with Gasteiger partial charge in [-0.05, 0) is 45.1 Å². The van der Waals surface area contributed by atoms with Crippen LogP contribution in [0.25, 0.3) is 0 Å². The number of anilines is 1. The van der Waals surface area contributed by atoms with Gasteiger partial charge >= 0.3 is 0 Å². The molecule has 27 heavy (non-hydrogen) atoms. The molecule has 10 heteroatoms. The highest BCUT2D eigenvalue weighted by Crippen LogP contribution is 2.28. The number of rotatable bonds is 9. The molecule has 0 bridgehead atoms. The van der Waals surface area contributed by atoms with Crippen LogP contribution in [0.3, 0.4) is 0 Å². The summed E-state index contributed by atoms with van der Waals surface area (Å²) < 4.78 is 33.5. The standard InChI is InChI=1S/C17H31N5O3S2/c1-14-6-8-21(9-7-14)16-19-20-17(22(16)13-15-5-3-10-25-15)26-11-4-12-27(23,24)18-2/h14-15,18H,3-13H2,1-2H3. The van der Waals surface area contributed by atoms with Crippen molar-refractivity contribution >= 4 is 27.7 Å². The summed E-state index contributed by atoms with van der Waals surface area (Å²) in [4.78, 5) is 2.33. The van der Waals surface area contributed by atoms with Crippen molar-refractivity contribution < 1.29 is 13.2 Å². The van der Waals surface area contributed by atoms with Crippen molar-refractivity contribution in [1.82, 2.24) is 19.5 Å². The number of nitrogens with one attached hydrogen (secondary N) is 1. The molecule has 2 aliphatic rings. The average Bonchev–Trinajstić information content (AvgIpc) is 3.30. The Bertz CT molecular complexity index is 695. The van der Waals surface area contributed by atoms with Crippen LogP contribution in [0.15, 0.2) is 5.16 Å². The van der Waals surface area contributed by atoms with Crippen molar-refractivity contribution in [1.29, 1.82) is 0 Å². The monoisotopic (exact) mass is 417 g/mol. The lowest BCUT2D eigenvalue weighted by molar-refractivity contribution is 0.0951. The first-order valence-corrected chi connectivity index (χ1v) is 12.5. The van der Waals surface area contributed by atoms with Gasteiger partial charge in [-0.15, -0.1) is 10.2 Å². The minimum Gasteiger partial charge on any atom is -0.376 e. The van der Waals surface area contributed by atoms with E-state index in [2.05, 4.69) is 31.3 Å². The lowest BCUT2D eigenvalue weighted by Crippen LogP contribution is -2.35. The van der Waals surface area contributed by atoms with Gasteiger partial charge in [-0.2, -0.15) is 0 Å². The first-order valence-electron chi connectivity index (χ1n) is 9.82. The van der Waals surface area contributed by atoms with Crippen LogP contribution in [-0.2, 0) is 21.3 Å². The van der Waals surface area contributed by atoms with Gasteiger partial charge < -0.3 is 9.64 Å². The normalized spacial score (nSPS) is 21.9. The highest BCUT2D eigenvalue weighted by molar-refractivity contribution is 7.99. The molecule has 0 saturated carbocycles. The van der Waals surface area contributed by atoms with E-state index in [1.165, 1.54) is 19.9 Å². The number of nitrogens with zero attached hydrogens (tertiary/aromatic N) is 4. The van der Waals surface area contributed by atoms with E-state index in [-0.39, 0.29) is 11.9 Å². The zero-order valence-electron chi connectivity index (χ0n) is 16.3. The van der Waals surface area contributed by atoms with Crippen LogP contribution in [0.4, 0.5) is 5.95 Å². The zero-order chi connectivity index (χ0) is 19.3. The Morgan fingerprint density at radius 3 is 2.70 bits per heavy atom. The molecule has 1 aromatic rings. The fourth-order valence-electron chi connectivity index (χ4n) is 3.50. The van der Waals surface area contributed by atoms with E-state index in [1.54, 1.807) is 11.8 Å². The second-order valence-corrected chi connectivity index (χ2v) is 10.5. The molecule has 1 unspecified atom stereocenters. The number of ether oxygens (including phenoxy) is 1. The van der Waals surface area contributed by atoms with Crippen LogP contribution in [0.2, 0.25) is 0 Å². The summed E-state index contributed by atoms with van der Waals surface area (Å²) in [6, 6.07) is 0. The van der Waals surface area contributed by atoms with Gasteiger partial charge in [-0.1, -0.05) is 18.7 Å². The van der Waals surface area contributed by atoms with Crippen LogP contribution >= 0.6 is 11.8 Å². The number of sulfonamides is 1. The summed E-state index contributed by atoms with van der Waals surface area (Å²) in [5, 5.41) is 9.76. The van der Waals surface area contributed by atoms with Gasteiger partial charge in [0.1, 0.15) is 0 Å². The molecule has 3 rings (SSSR count). The van der Waals surface area contributed by atoms with E-state index in [4.69, 9.17) is 4.74 Å². The van der Waals surface area contributed by atoms with Crippen LogP contribution in [-0.4, -0.2) is 67.5 Å². The molecule has 154 valence electrons. The molecule has 2 aliphatic heterocycles. The number of thioether (sulfide) groups is 1. The smallest absolute Gasteiger partial charge is 0.228 e. The molecule has 2 fully saturated rings. The Balaban J connectivity index is 1.66. The van der Waals surface area contributed by atoms with Crippen LogP contribution in [0.5, 0.6) is 0 Å². The van der Waals surface area contributed by atoms with E-state index in [0.717, 1.165) is 56.1 Å². The Kier molecular flexibility index (Phi) is 7.41. The summed E-state index contributed by atoms with van der Waals surface area (Å²) in [6.07, 6.45) is 5.32. The molecule has 1 atom stereocenters. The van der Waals surface area contributed by atoms with Crippen LogP contribution < -0.4 is 9.62 Å². The molecule has 0 aromatic carbocycles. The molecule has 0 spiro atoms. The van der Waals surface area contributed by atoms with Crippen LogP contribution in [0.1, 0.15) is 39.0 Å². The molecule has 1 aromatic heterocycles. The second-order valence-electron chi connectivity index (χ2n) is 7.42. The maximum Gasteiger partial charge on any atom is 0.228 e. The molecule has 0 amide bonds. The van der Waals surface area contributed by atoms with Gasteiger partial charge in [0.25, 0.3) is 0 Å². The number of hydrogen-bond donors (Lipinski definition) is 1. The van der Waals surface area contributed by atoms with E-state index in [1.807, 2.05) is 0 Å². The van der Waals surface area contributed by atoms with E-state index < -0.39 is 10.0 Å². The molecular weight excluding hydrogens is 386 g/mol. The third-order valence-corrected chi connectivity index (χ3v) is 7.77. The fourth-order valence-corrected chi connectivity index (χ4v) is 5.29. The number of aromatic nitrogens is 3. The minimum atomic E-state index is -3.15. The van der Waals surface area contributed by atoms with Gasteiger partial charge in [0.05, 0.1) is 18.4 Å². The highest BCUT2D eigenvalue weighted by atomic mass is 32.2. The van der Waals surface area contributed by atoms with Gasteiger partial charge in [0.15, 0.2) is 5.16 Å². The largest absolute Gasteiger partial charge is 0.376 e. The second kappa shape index (κ2) is 9.58. The summed E-state index contributed by atoms with van der Waals surface area (Å²) in [5.74, 6) is 2.52. The summed E-state index contributed by atoms with van der Waals surface area (Å²) in [7, 11) is -1.70. The van der Waals surface area contributed by atoms with Crippen molar-refractivity contribution in [3.63, 3.8) is 0 Å². The quantitative estimate of drug-likeness (QED) is 0.483. The lowest BCUT2D eigenvalue weighted by atomic mass is 10.00. The Morgan fingerprint density at radius 1 is 1.26 bits per heavy atom. The molecule has 2 saturated heterocycles. The maximum atomic E-state index is 11.6. The van der Waals surface area contributed by atoms with Crippen molar-refractivity contribution in [3.8, 4) is 0 Å². The molecule has 0 radical (unpaired) electrons. The summed E-state index contributed by atoms with van der Waals surface area (Å²) in [6.45, 7) is 5.92. The van der Waals surface area contributed by atoms with Gasteiger partial charge in [-0.3, -0.25) is 4.57 Å². The Labute approximate surface area is 166 Å². The SMILES string of the molecule is CNS(=O)(=O)CCCSc1nnc(N2CCC(C)CC2)n1CC1CCCO1. The number of hydrogen-bond acceptors (Lipinski definition) is 7. The van der Waals surface area contributed by atoms with E-state index in [0.29, 0.717) is 12.2 Å². The molecular formula is C17H31N5O3S2. The van der Waals surface area contributed by atoms with Crippen molar-refractivity contribution in [3.05, 3.63) is 0 Å². The fraction of sp³-hybridized carbons (Fsp3) is 0.882. The van der Waals surface area contributed by atoms with Gasteiger partial charge in [0, 0.05) is 25.4 Å². The molecule has 8 nitrogen and oxygen atoms in total. The predicted molar refractivity (Wildman–Crippen MR) is 108 cm³/mol. The minimum absolute atomic E-state index is 0.132. The Hall–Kier alpha value is -0.840. The average molecular weight is 418 g/mol. The maximum absolute atomic E-state index is 11.6. The molecule has 3 heterocycles. The Morgan fingerprint density at radius 2 is 2.04 bits per heavy atom. The van der Waals surface area contributed by atoms with E-state index in [9.17, 15) is 8.42 Å². The zero-order valence-corrected chi connectivity index (χ0v) is 17.9. The topological polar surface area (TPSA) is 89.4 Å². The van der Waals surface area contributed by atoms with Gasteiger partial charge in [0.2, 0.25) is 16.0 Å². The third-order valence-electron chi connectivity index (χ3n) is 5.27. The summed E-state index contributed by atoms with van der Waals surface area (Å²) in [5.41, 5.74) is 0. The summed E-state index contributed by atoms with van der Waals surface area (Å²) >= 11 is 1.58. The number of piperidine rings is 1. The first kappa shape index (κ1) is 20.9. The lowest BCUT2D eigenvalue weighted by Gasteiger charge is -2.31.